The third-order valence-corrected chi connectivity index (χ3v) is 2.80. The molecule has 2 atom stereocenters. The van der Waals surface area contributed by atoms with E-state index in [1.165, 1.54) is 0 Å². The van der Waals surface area contributed by atoms with E-state index in [9.17, 15) is 14.4 Å². The second-order valence-electron chi connectivity index (χ2n) is 5.13. The van der Waals surface area contributed by atoms with E-state index in [-0.39, 0.29) is 24.2 Å². The second-order valence-corrected chi connectivity index (χ2v) is 5.13. The number of nitrogens with one attached hydrogen (secondary N) is 2. The Balaban J connectivity index is 2.57. The number of ether oxygens (including phenoxy) is 1. The van der Waals surface area contributed by atoms with E-state index in [0.29, 0.717) is 19.4 Å². The van der Waals surface area contributed by atoms with E-state index >= 15 is 0 Å². The average Bonchev–Trinajstić information content (AvgIpc) is 3.03. The summed E-state index contributed by atoms with van der Waals surface area (Å²) in [5.41, 5.74) is -0.745. The third-order valence-electron chi connectivity index (χ3n) is 2.80. The van der Waals surface area contributed by atoms with E-state index in [0.717, 1.165) is 0 Å². The first kappa shape index (κ1) is 14.6. The molecule has 0 aliphatic carbocycles. The van der Waals surface area contributed by atoms with Gasteiger partial charge in [0.05, 0.1) is 19.2 Å². The van der Waals surface area contributed by atoms with Crippen LogP contribution >= 0.6 is 0 Å². The van der Waals surface area contributed by atoms with Crippen molar-refractivity contribution in [2.24, 2.45) is 5.92 Å². The average molecular weight is 256 g/mol. The molecule has 1 heterocycles. The molecule has 0 radical (unpaired) electrons. The third kappa shape index (κ3) is 4.10. The van der Waals surface area contributed by atoms with Crippen molar-refractivity contribution >= 4 is 18.1 Å². The first-order valence-electron chi connectivity index (χ1n) is 6.03. The summed E-state index contributed by atoms with van der Waals surface area (Å²) < 4.78 is 5.11. The van der Waals surface area contributed by atoms with Crippen LogP contribution in [0.1, 0.15) is 27.2 Å². The van der Waals surface area contributed by atoms with Crippen LogP contribution in [-0.2, 0) is 19.1 Å². The van der Waals surface area contributed by atoms with Gasteiger partial charge in [0.2, 0.25) is 12.3 Å². The standard InChI is InChI=1S/C12H20N2O4/c1-8(2)4-9(11(17)12(3)6-18-12)14-10(16)5-13-7-15/h7-9H,4-6H2,1-3H3,(H,13,15)(H,14,16)/t9?,12-/m1/s1. The molecule has 2 amide bonds. The number of hydrogen-bond acceptors (Lipinski definition) is 4. The zero-order chi connectivity index (χ0) is 13.8. The number of ketones is 1. The molecule has 0 saturated carbocycles. The molecule has 2 N–H and O–H groups in total. The summed E-state index contributed by atoms with van der Waals surface area (Å²) in [6.45, 7) is 5.96. The van der Waals surface area contributed by atoms with E-state index < -0.39 is 11.6 Å². The number of rotatable bonds is 8. The van der Waals surface area contributed by atoms with Crippen LogP contribution in [0.4, 0.5) is 0 Å². The fourth-order valence-electron chi connectivity index (χ4n) is 1.70. The Morgan fingerprint density at radius 1 is 1.44 bits per heavy atom. The fraction of sp³-hybridized carbons (Fsp3) is 0.750. The molecule has 18 heavy (non-hydrogen) atoms. The summed E-state index contributed by atoms with van der Waals surface area (Å²) in [6.07, 6.45) is 1.01. The molecule has 6 nitrogen and oxygen atoms in total. The maximum absolute atomic E-state index is 12.1. The summed E-state index contributed by atoms with van der Waals surface area (Å²) in [6, 6.07) is -0.557. The first-order valence-corrected chi connectivity index (χ1v) is 6.03. The molecule has 1 rings (SSSR count). The Morgan fingerprint density at radius 3 is 2.50 bits per heavy atom. The lowest BCUT2D eigenvalue weighted by Crippen LogP contribution is -2.48. The zero-order valence-corrected chi connectivity index (χ0v) is 11.0. The molecule has 6 heteroatoms. The Morgan fingerprint density at radius 2 is 2.06 bits per heavy atom. The molecule has 1 saturated heterocycles. The van der Waals surface area contributed by atoms with E-state index in [4.69, 9.17) is 4.74 Å². The highest BCUT2D eigenvalue weighted by Crippen LogP contribution is 2.29. The minimum atomic E-state index is -0.745. The zero-order valence-electron chi connectivity index (χ0n) is 11.0. The summed E-state index contributed by atoms with van der Waals surface area (Å²) in [4.78, 5) is 33.8. The van der Waals surface area contributed by atoms with Crippen LogP contribution in [0.15, 0.2) is 0 Å². The van der Waals surface area contributed by atoms with Crippen molar-refractivity contribution in [1.29, 1.82) is 0 Å². The van der Waals surface area contributed by atoms with Gasteiger partial charge in [-0.15, -0.1) is 0 Å². The molecule has 0 aromatic carbocycles. The minimum absolute atomic E-state index is 0.101. The molecule has 0 spiro atoms. The van der Waals surface area contributed by atoms with Gasteiger partial charge in [0.25, 0.3) is 0 Å². The first-order chi connectivity index (χ1) is 8.39. The highest BCUT2D eigenvalue weighted by atomic mass is 16.6. The SMILES string of the molecule is CC(C)CC(NC(=O)CNC=O)C(=O)[C@@]1(C)CO1. The lowest BCUT2D eigenvalue weighted by molar-refractivity contribution is -0.130. The van der Waals surface area contributed by atoms with Crippen molar-refractivity contribution in [1.82, 2.24) is 10.6 Å². The monoisotopic (exact) mass is 256 g/mol. The molecule has 1 unspecified atom stereocenters. The Hall–Kier alpha value is -1.43. The Kier molecular flexibility index (Phi) is 4.84. The van der Waals surface area contributed by atoms with Crippen molar-refractivity contribution in [3.63, 3.8) is 0 Å². The predicted octanol–water partition coefficient (Wildman–Crippen LogP) is -0.379. The van der Waals surface area contributed by atoms with Gasteiger partial charge in [-0.3, -0.25) is 14.4 Å². The molecular weight excluding hydrogens is 236 g/mol. The van der Waals surface area contributed by atoms with Crippen molar-refractivity contribution in [3.8, 4) is 0 Å². The molecule has 1 fully saturated rings. The van der Waals surface area contributed by atoms with E-state index in [1.54, 1.807) is 6.92 Å². The highest BCUT2D eigenvalue weighted by Gasteiger charge is 2.49. The van der Waals surface area contributed by atoms with Gasteiger partial charge in [-0.05, 0) is 19.3 Å². The predicted molar refractivity (Wildman–Crippen MR) is 64.8 cm³/mol. The maximum atomic E-state index is 12.1. The summed E-state index contributed by atoms with van der Waals surface area (Å²) in [5.74, 6) is -0.193. The van der Waals surface area contributed by atoms with Crippen LogP contribution in [-0.4, -0.2) is 42.9 Å². The molecule has 1 aliphatic rings. The van der Waals surface area contributed by atoms with Gasteiger partial charge in [-0.1, -0.05) is 13.8 Å². The topological polar surface area (TPSA) is 87.8 Å². The van der Waals surface area contributed by atoms with Crippen LogP contribution in [0.5, 0.6) is 0 Å². The van der Waals surface area contributed by atoms with Crippen LogP contribution < -0.4 is 10.6 Å². The molecular formula is C12H20N2O4. The molecule has 0 bridgehead atoms. The Bertz CT molecular complexity index is 337. The van der Waals surface area contributed by atoms with Crippen molar-refractivity contribution in [3.05, 3.63) is 0 Å². The highest BCUT2D eigenvalue weighted by molar-refractivity contribution is 5.96. The van der Waals surface area contributed by atoms with Gasteiger partial charge in [0.1, 0.15) is 5.60 Å². The van der Waals surface area contributed by atoms with Gasteiger partial charge >= 0.3 is 0 Å². The fourth-order valence-corrected chi connectivity index (χ4v) is 1.70. The molecule has 0 aromatic rings. The maximum Gasteiger partial charge on any atom is 0.239 e. The second kappa shape index (κ2) is 5.95. The lowest BCUT2D eigenvalue weighted by atomic mass is 9.93. The van der Waals surface area contributed by atoms with Crippen molar-refractivity contribution < 1.29 is 19.1 Å². The number of carbonyl (C=O) groups excluding carboxylic acids is 3. The van der Waals surface area contributed by atoms with E-state index in [1.807, 2.05) is 13.8 Å². The van der Waals surface area contributed by atoms with Gasteiger partial charge in [0, 0.05) is 0 Å². The molecule has 102 valence electrons. The van der Waals surface area contributed by atoms with Gasteiger partial charge < -0.3 is 15.4 Å². The van der Waals surface area contributed by atoms with E-state index in [2.05, 4.69) is 10.6 Å². The molecule has 1 aliphatic heterocycles. The van der Waals surface area contributed by atoms with Gasteiger partial charge in [-0.25, -0.2) is 0 Å². The lowest BCUT2D eigenvalue weighted by Gasteiger charge is -2.21. The number of Topliss-reactive ketones (excluding diaryl/α,β-unsaturated/α-hetero) is 1. The normalized spacial score (nSPS) is 23.3. The van der Waals surface area contributed by atoms with Crippen LogP contribution in [0, 0.1) is 5.92 Å². The number of carbonyl (C=O) groups is 3. The van der Waals surface area contributed by atoms with Crippen molar-refractivity contribution in [2.75, 3.05) is 13.2 Å². The van der Waals surface area contributed by atoms with Crippen LogP contribution in [0.3, 0.4) is 0 Å². The summed E-state index contributed by atoms with van der Waals surface area (Å²) in [5, 5.41) is 4.90. The van der Waals surface area contributed by atoms with Gasteiger partial charge in [-0.2, -0.15) is 0 Å². The van der Waals surface area contributed by atoms with Crippen molar-refractivity contribution in [2.45, 2.75) is 38.8 Å². The summed E-state index contributed by atoms with van der Waals surface area (Å²) in [7, 11) is 0. The van der Waals surface area contributed by atoms with Gasteiger partial charge in [0.15, 0.2) is 5.78 Å². The smallest absolute Gasteiger partial charge is 0.239 e. The number of epoxide rings is 1. The van der Waals surface area contributed by atoms with Crippen LogP contribution in [0.25, 0.3) is 0 Å². The quantitative estimate of drug-likeness (QED) is 0.458. The number of hydrogen-bond donors (Lipinski definition) is 2. The molecule has 0 aromatic heterocycles. The van der Waals surface area contributed by atoms with Crippen LogP contribution in [0.2, 0.25) is 0 Å². The largest absolute Gasteiger partial charge is 0.361 e. The summed E-state index contributed by atoms with van der Waals surface area (Å²) >= 11 is 0. The Labute approximate surface area is 106 Å². The number of amides is 2. The minimum Gasteiger partial charge on any atom is -0.361 e.